The zero-order valence-corrected chi connectivity index (χ0v) is 19.8. The van der Waals surface area contributed by atoms with Crippen molar-refractivity contribution in [1.29, 1.82) is 5.41 Å². The molecule has 2 unspecified atom stereocenters. The maximum Gasteiger partial charge on any atom is 0.434 e. The molecule has 3 rings (SSSR count). The van der Waals surface area contributed by atoms with Crippen molar-refractivity contribution in [2.75, 3.05) is 25.5 Å². The Morgan fingerprint density at radius 2 is 2.00 bits per heavy atom. The van der Waals surface area contributed by atoms with Crippen LogP contribution in [0.4, 0.5) is 27.8 Å². The Labute approximate surface area is 204 Å². The molecule has 2 atom stereocenters. The van der Waals surface area contributed by atoms with Gasteiger partial charge in [0.25, 0.3) is 11.8 Å². The van der Waals surface area contributed by atoms with E-state index in [1.165, 1.54) is 6.20 Å². The molecule has 0 aliphatic carbocycles. The highest BCUT2D eigenvalue weighted by atomic mass is 19.4. The van der Waals surface area contributed by atoms with Gasteiger partial charge in [-0.1, -0.05) is 13.0 Å². The fourth-order valence-electron chi connectivity index (χ4n) is 4.02. The van der Waals surface area contributed by atoms with Gasteiger partial charge in [0, 0.05) is 37.5 Å². The van der Waals surface area contributed by atoms with E-state index in [9.17, 15) is 26.7 Å². The number of halogens is 5. The van der Waals surface area contributed by atoms with Gasteiger partial charge in [-0.05, 0) is 25.0 Å². The van der Waals surface area contributed by atoms with Gasteiger partial charge in [-0.25, -0.2) is 18.7 Å². The molecule has 2 aromatic rings. The minimum atomic E-state index is -4.65. The van der Waals surface area contributed by atoms with E-state index in [0.717, 1.165) is 11.1 Å². The Morgan fingerprint density at radius 3 is 2.58 bits per heavy atom. The minimum Gasteiger partial charge on any atom is -0.393 e. The van der Waals surface area contributed by atoms with E-state index < -0.39 is 54.3 Å². The van der Waals surface area contributed by atoms with Crippen LogP contribution in [0.1, 0.15) is 30.4 Å². The number of hydrogen-bond donors (Lipinski definition) is 3. The average Bonchev–Trinajstić information content (AvgIpc) is 2.80. The summed E-state index contributed by atoms with van der Waals surface area (Å²) in [6.07, 6.45) is -2.30. The van der Waals surface area contributed by atoms with Crippen molar-refractivity contribution in [2.45, 2.75) is 38.4 Å². The lowest BCUT2D eigenvalue weighted by Gasteiger charge is -2.43. The fourth-order valence-corrected chi connectivity index (χ4v) is 4.02. The summed E-state index contributed by atoms with van der Waals surface area (Å²) in [5, 5.41) is 14.1. The SMILES string of the molecule is CN/C=C(\C(=N)C(=O)N1CC(F)(F)CC(C)C1CNc1cnc(C(F)(F)F)cn1)c1cccc(C)n1. The first-order valence-electron chi connectivity index (χ1n) is 11.0. The lowest BCUT2D eigenvalue weighted by Crippen LogP contribution is -2.58. The first-order valence-corrected chi connectivity index (χ1v) is 11.0. The fraction of sp³-hybridized carbons (Fsp3) is 0.435. The number of carbonyl (C=O) groups is 1. The lowest BCUT2D eigenvalue weighted by molar-refractivity contribution is -0.145. The van der Waals surface area contributed by atoms with Crippen LogP contribution in [0, 0.1) is 18.3 Å². The summed E-state index contributed by atoms with van der Waals surface area (Å²) in [5.41, 5.74) is -0.584. The van der Waals surface area contributed by atoms with Crippen molar-refractivity contribution in [3.8, 4) is 0 Å². The molecule has 0 radical (unpaired) electrons. The molecule has 1 fully saturated rings. The molecule has 194 valence electrons. The van der Waals surface area contributed by atoms with E-state index in [1.807, 2.05) is 0 Å². The van der Waals surface area contributed by atoms with Crippen LogP contribution in [0.25, 0.3) is 5.57 Å². The third-order valence-corrected chi connectivity index (χ3v) is 5.71. The Balaban J connectivity index is 1.84. The predicted molar refractivity (Wildman–Crippen MR) is 123 cm³/mol. The van der Waals surface area contributed by atoms with E-state index in [1.54, 1.807) is 39.1 Å². The second-order valence-corrected chi connectivity index (χ2v) is 8.59. The van der Waals surface area contributed by atoms with Crippen LogP contribution in [-0.2, 0) is 11.0 Å². The van der Waals surface area contributed by atoms with Gasteiger partial charge in [0.15, 0.2) is 5.69 Å². The van der Waals surface area contributed by atoms with Crippen LogP contribution in [0.2, 0.25) is 0 Å². The third-order valence-electron chi connectivity index (χ3n) is 5.71. The van der Waals surface area contributed by atoms with Gasteiger partial charge in [-0.3, -0.25) is 15.2 Å². The quantitative estimate of drug-likeness (QED) is 0.386. The lowest BCUT2D eigenvalue weighted by atomic mass is 9.87. The number of pyridine rings is 1. The summed E-state index contributed by atoms with van der Waals surface area (Å²) in [5.74, 6) is -4.78. The molecule has 1 aliphatic heterocycles. The van der Waals surface area contributed by atoms with Crippen molar-refractivity contribution < 1.29 is 26.7 Å². The van der Waals surface area contributed by atoms with Crippen LogP contribution in [0.5, 0.6) is 0 Å². The number of hydrogen-bond acceptors (Lipinski definition) is 7. The Bertz CT molecular complexity index is 1130. The largest absolute Gasteiger partial charge is 0.434 e. The van der Waals surface area contributed by atoms with Crippen molar-refractivity contribution in [1.82, 2.24) is 25.2 Å². The highest BCUT2D eigenvalue weighted by Crippen LogP contribution is 2.35. The first kappa shape index (κ1) is 27.0. The molecule has 3 heterocycles. The molecule has 0 bridgehead atoms. The molecule has 0 spiro atoms. The Hall–Kier alpha value is -3.64. The zero-order chi connectivity index (χ0) is 26.7. The van der Waals surface area contributed by atoms with Crippen LogP contribution < -0.4 is 10.6 Å². The molecular weight excluding hydrogens is 485 g/mol. The normalized spacial score (nSPS) is 20.1. The number of nitrogens with zero attached hydrogens (tertiary/aromatic N) is 4. The summed E-state index contributed by atoms with van der Waals surface area (Å²) in [7, 11) is 1.57. The number of amides is 1. The van der Waals surface area contributed by atoms with Crippen LogP contribution in [0.3, 0.4) is 0 Å². The third kappa shape index (κ3) is 6.32. The Kier molecular flexibility index (Phi) is 7.89. The van der Waals surface area contributed by atoms with Gasteiger partial charge < -0.3 is 15.5 Å². The molecular formula is C23H26F5N7O. The number of aryl methyl sites for hydroxylation is 1. The van der Waals surface area contributed by atoms with E-state index >= 15 is 0 Å². The van der Waals surface area contributed by atoms with E-state index in [-0.39, 0.29) is 17.9 Å². The van der Waals surface area contributed by atoms with E-state index in [0.29, 0.717) is 17.6 Å². The van der Waals surface area contributed by atoms with Crippen LogP contribution >= 0.6 is 0 Å². The second-order valence-electron chi connectivity index (χ2n) is 8.59. The summed E-state index contributed by atoms with van der Waals surface area (Å²) in [6.45, 7) is 2.31. The number of carbonyl (C=O) groups excluding carboxylic acids is 1. The van der Waals surface area contributed by atoms with Gasteiger partial charge in [-0.15, -0.1) is 0 Å². The average molecular weight is 511 g/mol. The van der Waals surface area contributed by atoms with Crippen molar-refractivity contribution >= 4 is 23.0 Å². The summed E-state index contributed by atoms with van der Waals surface area (Å²) < 4.78 is 67.2. The molecule has 1 saturated heterocycles. The number of nitrogens with one attached hydrogen (secondary N) is 3. The van der Waals surface area contributed by atoms with Crippen molar-refractivity contribution in [2.24, 2.45) is 5.92 Å². The number of anilines is 1. The van der Waals surface area contributed by atoms with E-state index in [4.69, 9.17) is 5.41 Å². The summed E-state index contributed by atoms with van der Waals surface area (Å²) in [4.78, 5) is 25.6. The van der Waals surface area contributed by atoms with Gasteiger partial charge in [-0.2, -0.15) is 13.2 Å². The highest BCUT2D eigenvalue weighted by Gasteiger charge is 2.47. The number of alkyl halides is 5. The van der Waals surface area contributed by atoms with Gasteiger partial charge in [0.2, 0.25) is 0 Å². The Morgan fingerprint density at radius 1 is 1.28 bits per heavy atom. The van der Waals surface area contributed by atoms with Gasteiger partial charge in [0.05, 0.1) is 30.7 Å². The molecule has 1 aliphatic rings. The molecule has 0 saturated carbocycles. The number of aromatic nitrogens is 3. The smallest absolute Gasteiger partial charge is 0.393 e. The molecule has 2 aromatic heterocycles. The number of rotatable bonds is 7. The molecule has 8 nitrogen and oxygen atoms in total. The number of likely N-dealkylation sites (tertiary alicyclic amines) is 1. The van der Waals surface area contributed by atoms with Crippen molar-refractivity contribution in [3.05, 3.63) is 53.9 Å². The second kappa shape index (κ2) is 10.5. The van der Waals surface area contributed by atoms with Crippen molar-refractivity contribution in [3.63, 3.8) is 0 Å². The van der Waals surface area contributed by atoms with Crippen LogP contribution in [0.15, 0.2) is 36.8 Å². The first-order chi connectivity index (χ1) is 16.8. The molecule has 0 aromatic carbocycles. The molecule has 36 heavy (non-hydrogen) atoms. The predicted octanol–water partition coefficient (Wildman–Crippen LogP) is 3.76. The molecule has 3 N–H and O–H groups in total. The molecule has 1 amide bonds. The summed E-state index contributed by atoms with van der Waals surface area (Å²) >= 11 is 0. The number of piperidine rings is 1. The van der Waals surface area contributed by atoms with Gasteiger partial charge in [0.1, 0.15) is 11.5 Å². The summed E-state index contributed by atoms with van der Waals surface area (Å²) in [6, 6.07) is 4.26. The maximum absolute atomic E-state index is 14.5. The minimum absolute atomic E-state index is 0.00487. The highest BCUT2D eigenvalue weighted by molar-refractivity contribution is 6.54. The van der Waals surface area contributed by atoms with Gasteiger partial charge >= 0.3 is 6.18 Å². The zero-order valence-electron chi connectivity index (χ0n) is 19.8. The monoisotopic (exact) mass is 511 g/mol. The molecule has 13 heteroatoms. The van der Waals surface area contributed by atoms with E-state index in [2.05, 4.69) is 25.6 Å². The standard InChI is InChI=1S/C23H26F5N7O/c1-13-7-22(24,25)12-35(17(13)9-32-19-11-31-18(10-33-19)23(26,27)28)21(36)20(29)15(8-30-3)16-6-4-5-14(2)34-16/h4-6,8,10-11,13,17,29-30H,7,9,12H2,1-3H3,(H,32,33)/b15-8-,29-20?. The topological polar surface area (TPSA) is 107 Å². The maximum atomic E-state index is 14.5. The van der Waals surface area contributed by atoms with Crippen LogP contribution in [-0.4, -0.2) is 63.6 Å².